The van der Waals surface area contributed by atoms with Crippen molar-refractivity contribution in [1.29, 1.82) is 0 Å². The molecule has 1 aliphatic rings. The molecule has 160 valence electrons. The second kappa shape index (κ2) is 9.36. The monoisotopic (exact) mass is 471 g/mol. The summed E-state index contributed by atoms with van der Waals surface area (Å²) in [5.41, 5.74) is 2.83. The molecule has 0 bridgehead atoms. The Morgan fingerprint density at radius 3 is 2.37 bits per heavy atom. The van der Waals surface area contributed by atoms with Crippen molar-refractivity contribution in [2.45, 2.75) is 41.2 Å². The van der Waals surface area contributed by atoms with Gasteiger partial charge in [-0.2, -0.15) is 0 Å². The second-order valence-electron chi connectivity index (χ2n) is 8.84. The van der Waals surface area contributed by atoms with E-state index in [0.29, 0.717) is 35.3 Å². The van der Waals surface area contributed by atoms with E-state index in [1.54, 1.807) is 12.1 Å². The number of phenols is 1. The van der Waals surface area contributed by atoms with Gasteiger partial charge in [0.15, 0.2) is 5.76 Å². The lowest BCUT2D eigenvalue weighted by Gasteiger charge is -2.27. The lowest BCUT2D eigenvalue weighted by molar-refractivity contribution is 0.101. The van der Waals surface area contributed by atoms with Crippen molar-refractivity contribution in [3.63, 3.8) is 0 Å². The van der Waals surface area contributed by atoms with Gasteiger partial charge >= 0.3 is 0 Å². The lowest BCUT2D eigenvalue weighted by Crippen LogP contribution is -2.31. The van der Waals surface area contributed by atoms with Crippen molar-refractivity contribution in [1.82, 2.24) is 4.90 Å². The maximum Gasteiger partial charge on any atom is 0.232 e. The van der Waals surface area contributed by atoms with Crippen LogP contribution in [-0.2, 0) is 6.54 Å². The molecule has 0 saturated heterocycles. The molecule has 0 aliphatic carbocycles. The van der Waals surface area contributed by atoms with E-state index in [0.717, 1.165) is 28.7 Å². The summed E-state index contributed by atoms with van der Waals surface area (Å²) in [6.45, 7) is 12.9. The van der Waals surface area contributed by atoms with E-state index in [9.17, 15) is 9.90 Å². The minimum atomic E-state index is -0.140. The van der Waals surface area contributed by atoms with E-state index < -0.39 is 0 Å². The van der Waals surface area contributed by atoms with Crippen LogP contribution in [0.5, 0.6) is 11.5 Å². The fourth-order valence-corrected chi connectivity index (χ4v) is 4.33. The fraction of sp³-hybridized carbons (Fsp3) is 0.400. The van der Waals surface area contributed by atoms with Gasteiger partial charge in [-0.05, 0) is 48.1 Å². The van der Waals surface area contributed by atoms with E-state index in [-0.39, 0.29) is 17.3 Å². The Balaban J connectivity index is 2.00. The van der Waals surface area contributed by atoms with E-state index in [1.807, 2.05) is 31.2 Å². The van der Waals surface area contributed by atoms with Gasteiger partial charge in [0, 0.05) is 24.1 Å². The van der Waals surface area contributed by atoms with Gasteiger partial charge in [-0.3, -0.25) is 9.69 Å². The molecule has 0 saturated carbocycles. The first-order chi connectivity index (χ1) is 14.2. The highest BCUT2D eigenvalue weighted by molar-refractivity contribution is 9.10. The Bertz CT molecular complexity index is 969. The summed E-state index contributed by atoms with van der Waals surface area (Å²) in [7, 11) is 0. The van der Waals surface area contributed by atoms with Crippen LogP contribution in [0, 0.1) is 18.8 Å². The maximum absolute atomic E-state index is 13.1. The number of benzene rings is 2. The van der Waals surface area contributed by atoms with Crippen molar-refractivity contribution < 1.29 is 14.6 Å². The van der Waals surface area contributed by atoms with Crippen LogP contribution >= 0.6 is 15.9 Å². The number of aromatic hydroxyl groups is 1. The molecule has 0 fully saturated rings. The number of aryl methyl sites for hydroxylation is 1. The predicted octanol–water partition coefficient (Wildman–Crippen LogP) is 6.19. The molecule has 1 aliphatic heterocycles. The van der Waals surface area contributed by atoms with Gasteiger partial charge in [0.1, 0.15) is 11.5 Å². The maximum atomic E-state index is 13.1. The highest BCUT2D eigenvalue weighted by atomic mass is 79.9. The summed E-state index contributed by atoms with van der Waals surface area (Å²) in [5.74, 6) is 1.81. The van der Waals surface area contributed by atoms with Crippen molar-refractivity contribution in [3.05, 3.63) is 62.8 Å². The minimum Gasteiger partial charge on any atom is -0.507 e. The fourth-order valence-electron chi connectivity index (χ4n) is 3.93. The Morgan fingerprint density at radius 2 is 1.77 bits per heavy atom. The van der Waals surface area contributed by atoms with Crippen molar-refractivity contribution in [2.75, 3.05) is 13.1 Å². The number of carbonyl (C=O) groups is 1. The smallest absolute Gasteiger partial charge is 0.232 e. The van der Waals surface area contributed by atoms with Gasteiger partial charge in [0.05, 0.1) is 11.1 Å². The molecule has 0 amide bonds. The zero-order valence-corrected chi connectivity index (χ0v) is 19.9. The minimum absolute atomic E-state index is 0.140. The first-order valence-corrected chi connectivity index (χ1v) is 11.2. The average Bonchev–Trinajstić information content (AvgIpc) is 2.96. The number of ketones is 1. The van der Waals surface area contributed by atoms with E-state index in [2.05, 4.69) is 48.5 Å². The molecule has 1 N–H and O–H groups in total. The molecule has 4 nitrogen and oxygen atoms in total. The molecule has 0 radical (unpaired) electrons. The lowest BCUT2D eigenvalue weighted by atomic mass is 9.98. The Hall–Kier alpha value is -2.11. The van der Waals surface area contributed by atoms with Crippen LogP contribution in [0.2, 0.25) is 0 Å². The second-order valence-corrected chi connectivity index (χ2v) is 9.69. The quantitative estimate of drug-likeness (QED) is 0.488. The van der Waals surface area contributed by atoms with Crippen molar-refractivity contribution in [2.24, 2.45) is 11.8 Å². The van der Waals surface area contributed by atoms with Gasteiger partial charge in [-0.25, -0.2) is 0 Å². The van der Waals surface area contributed by atoms with Crippen LogP contribution in [-0.4, -0.2) is 28.9 Å². The summed E-state index contributed by atoms with van der Waals surface area (Å²) >= 11 is 3.52. The van der Waals surface area contributed by atoms with E-state index in [1.165, 1.54) is 0 Å². The molecule has 1 heterocycles. The van der Waals surface area contributed by atoms with Crippen LogP contribution < -0.4 is 4.74 Å². The number of hydrogen-bond donors (Lipinski definition) is 1. The molecular formula is C25H30BrNO3. The molecule has 0 unspecified atom stereocenters. The van der Waals surface area contributed by atoms with Crippen LogP contribution in [0.4, 0.5) is 0 Å². The summed E-state index contributed by atoms with van der Waals surface area (Å²) in [6, 6.07) is 9.38. The molecular weight excluding hydrogens is 442 g/mol. The Morgan fingerprint density at radius 1 is 1.13 bits per heavy atom. The van der Waals surface area contributed by atoms with Crippen LogP contribution in [0.25, 0.3) is 6.08 Å². The number of halogens is 1. The van der Waals surface area contributed by atoms with Gasteiger partial charge in [-0.15, -0.1) is 0 Å². The molecule has 0 spiro atoms. The molecule has 30 heavy (non-hydrogen) atoms. The molecule has 0 atom stereocenters. The largest absolute Gasteiger partial charge is 0.507 e. The Kier molecular flexibility index (Phi) is 7.04. The predicted molar refractivity (Wildman–Crippen MR) is 125 cm³/mol. The standard InChI is InChI=1S/C25H30BrNO3/c1-15(2)12-27(13-16(3)4)14-19-21(28)10-17(5)23-24(29)22(30-25(19)23)11-18-8-6-7-9-20(18)26/h6-11,15-16,28H,12-14H2,1-5H3/b22-11+. The summed E-state index contributed by atoms with van der Waals surface area (Å²) in [4.78, 5) is 15.5. The number of fused-ring (bicyclic) bond motifs is 1. The van der Waals surface area contributed by atoms with Gasteiger partial charge in [-0.1, -0.05) is 61.8 Å². The molecule has 2 aromatic carbocycles. The molecule has 3 rings (SSSR count). The number of carbonyl (C=O) groups excluding carboxylic acids is 1. The SMILES string of the molecule is Cc1cc(O)c(CN(CC(C)C)CC(C)C)c2c1C(=O)/C(=C\c1ccccc1Br)O2. The van der Waals surface area contributed by atoms with Crippen LogP contribution in [0.3, 0.4) is 0 Å². The van der Waals surface area contributed by atoms with Gasteiger partial charge in [0.2, 0.25) is 5.78 Å². The zero-order valence-electron chi connectivity index (χ0n) is 18.3. The normalized spacial score (nSPS) is 14.8. The Labute approximate surface area is 187 Å². The number of allylic oxidation sites excluding steroid dienone is 1. The number of nitrogens with zero attached hydrogens (tertiary/aromatic N) is 1. The third kappa shape index (κ3) is 4.96. The highest BCUT2D eigenvalue weighted by Gasteiger charge is 2.34. The number of phenolic OH excluding ortho intramolecular Hbond substituents is 1. The highest BCUT2D eigenvalue weighted by Crippen LogP contribution is 2.42. The summed E-state index contributed by atoms with van der Waals surface area (Å²) in [5, 5.41) is 10.7. The topological polar surface area (TPSA) is 49.8 Å². The van der Waals surface area contributed by atoms with Gasteiger partial charge in [0.25, 0.3) is 0 Å². The first kappa shape index (κ1) is 22.6. The summed E-state index contributed by atoms with van der Waals surface area (Å²) < 4.78 is 6.98. The molecule has 2 aromatic rings. The van der Waals surface area contributed by atoms with Crippen LogP contribution in [0.15, 0.2) is 40.6 Å². The van der Waals surface area contributed by atoms with Gasteiger partial charge < -0.3 is 9.84 Å². The average molecular weight is 472 g/mol. The third-order valence-corrected chi connectivity index (χ3v) is 5.76. The third-order valence-electron chi connectivity index (χ3n) is 5.04. The first-order valence-electron chi connectivity index (χ1n) is 10.4. The van der Waals surface area contributed by atoms with E-state index >= 15 is 0 Å². The molecule has 5 heteroatoms. The zero-order chi connectivity index (χ0) is 22.0. The molecule has 0 aromatic heterocycles. The van der Waals surface area contributed by atoms with Crippen LogP contribution in [0.1, 0.15) is 54.7 Å². The van der Waals surface area contributed by atoms with Crippen molar-refractivity contribution >= 4 is 27.8 Å². The number of Topliss-reactive ketones (excluding diaryl/α,β-unsaturated/α-hetero) is 1. The number of ether oxygens (including phenoxy) is 1. The number of hydrogen-bond acceptors (Lipinski definition) is 4. The number of rotatable bonds is 7. The van der Waals surface area contributed by atoms with Crippen molar-refractivity contribution in [3.8, 4) is 11.5 Å². The summed E-state index contributed by atoms with van der Waals surface area (Å²) in [6.07, 6.45) is 1.76. The van der Waals surface area contributed by atoms with E-state index in [4.69, 9.17) is 4.74 Å².